The standard InChI is InChI=1S/C30H33NO4/c1-21-27-14-11-25(33)20-28(27)35-29(30(21)23-7-9-24(32)10-8-23)19-22-5-12-26(13-6-22)34-18-17-31-15-3-2-4-16-31/h5-14,20,29,32-33H,2-4,15-19H2,1H3/t29-/m1/s1. The van der Waals surface area contributed by atoms with Gasteiger partial charge >= 0.3 is 0 Å². The zero-order valence-corrected chi connectivity index (χ0v) is 20.2. The van der Waals surface area contributed by atoms with E-state index in [1.54, 1.807) is 24.3 Å². The second kappa shape index (κ2) is 10.4. The number of nitrogens with zero attached hydrogens (tertiary/aromatic N) is 1. The van der Waals surface area contributed by atoms with Crippen LogP contribution in [0.3, 0.4) is 0 Å². The number of fused-ring (bicyclic) bond motifs is 1. The predicted molar refractivity (Wildman–Crippen MR) is 139 cm³/mol. The molecule has 0 bridgehead atoms. The predicted octanol–water partition coefficient (Wildman–Crippen LogP) is 5.90. The van der Waals surface area contributed by atoms with Crippen LogP contribution in [0.4, 0.5) is 0 Å². The van der Waals surface area contributed by atoms with Crippen molar-refractivity contribution in [3.8, 4) is 23.0 Å². The van der Waals surface area contributed by atoms with Crippen molar-refractivity contribution < 1.29 is 19.7 Å². The Hall–Kier alpha value is -3.44. The summed E-state index contributed by atoms with van der Waals surface area (Å²) in [7, 11) is 0. The van der Waals surface area contributed by atoms with Crippen molar-refractivity contribution >= 4 is 11.1 Å². The third kappa shape index (κ3) is 5.46. The van der Waals surface area contributed by atoms with Crippen molar-refractivity contribution in [2.24, 2.45) is 0 Å². The molecule has 3 aromatic rings. The van der Waals surface area contributed by atoms with Crippen LogP contribution in [-0.2, 0) is 6.42 Å². The number of likely N-dealkylation sites (tertiary alicyclic amines) is 1. The molecule has 0 spiro atoms. The van der Waals surface area contributed by atoms with E-state index in [1.165, 1.54) is 32.4 Å². The molecule has 1 atom stereocenters. The molecule has 0 unspecified atom stereocenters. The third-order valence-corrected chi connectivity index (χ3v) is 7.01. The largest absolute Gasteiger partial charge is 0.508 e. The molecule has 0 saturated carbocycles. The van der Waals surface area contributed by atoms with Crippen molar-refractivity contribution in [2.45, 2.75) is 38.7 Å². The van der Waals surface area contributed by atoms with Gasteiger partial charge in [0.25, 0.3) is 0 Å². The van der Waals surface area contributed by atoms with E-state index < -0.39 is 0 Å². The van der Waals surface area contributed by atoms with Crippen LogP contribution >= 0.6 is 0 Å². The fraction of sp³-hybridized carbons (Fsp3) is 0.333. The summed E-state index contributed by atoms with van der Waals surface area (Å²) < 4.78 is 12.4. The van der Waals surface area contributed by atoms with E-state index in [4.69, 9.17) is 9.47 Å². The first kappa shape index (κ1) is 23.3. The highest BCUT2D eigenvalue weighted by molar-refractivity contribution is 5.95. The van der Waals surface area contributed by atoms with Crippen LogP contribution < -0.4 is 9.47 Å². The topological polar surface area (TPSA) is 62.2 Å². The van der Waals surface area contributed by atoms with E-state index in [0.717, 1.165) is 40.1 Å². The van der Waals surface area contributed by atoms with Gasteiger partial charge in [0.15, 0.2) is 0 Å². The lowest BCUT2D eigenvalue weighted by molar-refractivity contribution is 0.183. The van der Waals surface area contributed by atoms with E-state index in [1.807, 2.05) is 30.3 Å². The van der Waals surface area contributed by atoms with Gasteiger partial charge in [0.1, 0.15) is 35.7 Å². The highest BCUT2D eigenvalue weighted by Gasteiger charge is 2.28. The third-order valence-electron chi connectivity index (χ3n) is 7.01. The lowest BCUT2D eigenvalue weighted by Crippen LogP contribution is -2.33. The monoisotopic (exact) mass is 471 g/mol. The minimum Gasteiger partial charge on any atom is -0.508 e. The normalized spacial score (nSPS) is 18.1. The van der Waals surface area contributed by atoms with Gasteiger partial charge in [0.2, 0.25) is 0 Å². The maximum absolute atomic E-state index is 10.0. The van der Waals surface area contributed by atoms with Gasteiger partial charge in [-0.25, -0.2) is 0 Å². The summed E-state index contributed by atoms with van der Waals surface area (Å²) in [5.74, 6) is 2.00. The van der Waals surface area contributed by atoms with Crippen LogP contribution in [0, 0.1) is 0 Å². The van der Waals surface area contributed by atoms with Gasteiger partial charge in [0, 0.05) is 30.2 Å². The molecule has 5 rings (SSSR count). The van der Waals surface area contributed by atoms with Crippen LogP contribution in [-0.4, -0.2) is 47.5 Å². The Kier molecular flexibility index (Phi) is 6.96. The van der Waals surface area contributed by atoms with E-state index in [2.05, 4.69) is 24.0 Å². The summed E-state index contributed by atoms with van der Waals surface area (Å²) in [6.07, 6.45) is 4.39. The lowest BCUT2D eigenvalue weighted by Gasteiger charge is -2.31. The van der Waals surface area contributed by atoms with E-state index in [9.17, 15) is 10.2 Å². The Morgan fingerprint density at radius 3 is 2.34 bits per heavy atom. The van der Waals surface area contributed by atoms with Crippen LogP contribution in [0.2, 0.25) is 0 Å². The summed E-state index contributed by atoms with van der Waals surface area (Å²) >= 11 is 0. The smallest absolute Gasteiger partial charge is 0.131 e. The summed E-state index contributed by atoms with van der Waals surface area (Å²) in [5, 5.41) is 19.8. The summed E-state index contributed by atoms with van der Waals surface area (Å²) in [6, 6.07) is 20.8. The molecule has 3 aromatic carbocycles. The average molecular weight is 472 g/mol. The molecule has 35 heavy (non-hydrogen) atoms. The Morgan fingerprint density at radius 1 is 0.886 bits per heavy atom. The molecule has 0 radical (unpaired) electrons. The van der Waals surface area contributed by atoms with Crippen molar-refractivity contribution in [2.75, 3.05) is 26.2 Å². The number of hydrogen-bond donors (Lipinski definition) is 2. The van der Waals surface area contributed by atoms with Gasteiger partial charge in [-0.1, -0.05) is 30.7 Å². The number of aromatic hydroxyl groups is 2. The van der Waals surface area contributed by atoms with Crippen molar-refractivity contribution in [1.29, 1.82) is 0 Å². The Balaban J connectivity index is 1.32. The summed E-state index contributed by atoms with van der Waals surface area (Å²) in [6.45, 7) is 6.14. The SMILES string of the molecule is CC1=C(c2ccc(O)cc2)[C@@H](Cc2ccc(OCCN3CCCCC3)cc2)Oc2cc(O)ccc21. The van der Waals surface area contributed by atoms with Gasteiger partial charge < -0.3 is 19.7 Å². The molecule has 2 aliphatic rings. The summed E-state index contributed by atoms with van der Waals surface area (Å²) in [5.41, 5.74) is 5.33. The number of phenolic OH excluding ortho intramolecular Hbond substituents is 2. The Labute approximate surface area is 207 Å². The second-order valence-electron chi connectivity index (χ2n) is 9.47. The van der Waals surface area contributed by atoms with Gasteiger partial charge in [-0.2, -0.15) is 0 Å². The molecule has 1 fully saturated rings. The quantitative estimate of drug-likeness (QED) is 0.449. The van der Waals surface area contributed by atoms with Crippen molar-refractivity contribution in [3.05, 3.63) is 83.4 Å². The molecular formula is C30H33NO4. The molecule has 182 valence electrons. The van der Waals surface area contributed by atoms with Crippen LogP contribution in [0.15, 0.2) is 66.7 Å². The summed E-state index contributed by atoms with van der Waals surface area (Å²) in [4.78, 5) is 2.48. The molecule has 2 aliphatic heterocycles. The van der Waals surface area contributed by atoms with Crippen molar-refractivity contribution in [1.82, 2.24) is 4.90 Å². The zero-order valence-electron chi connectivity index (χ0n) is 20.2. The Morgan fingerprint density at radius 2 is 1.60 bits per heavy atom. The number of hydrogen-bond acceptors (Lipinski definition) is 5. The number of allylic oxidation sites excluding steroid dienone is 1. The van der Waals surface area contributed by atoms with Gasteiger partial charge in [0.05, 0.1) is 0 Å². The zero-order chi connectivity index (χ0) is 24.2. The number of phenols is 2. The molecule has 5 heteroatoms. The molecular weight excluding hydrogens is 438 g/mol. The maximum atomic E-state index is 10.0. The minimum atomic E-state index is -0.222. The van der Waals surface area contributed by atoms with Crippen molar-refractivity contribution in [3.63, 3.8) is 0 Å². The molecule has 1 saturated heterocycles. The second-order valence-corrected chi connectivity index (χ2v) is 9.47. The minimum absolute atomic E-state index is 0.189. The van der Waals surface area contributed by atoms with Gasteiger partial charge in [-0.15, -0.1) is 0 Å². The maximum Gasteiger partial charge on any atom is 0.131 e. The van der Waals surface area contributed by atoms with E-state index >= 15 is 0 Å². The molecule has 0 amide bonds. The van der Waals surface area contributed by atoms with E-state index in [-0.39, 0.29) is 17.6 Å². The Bertz CT molecular complexity index is 1180. The molecule has 2 heterocycles. The van der Waals surface area contributed by atoms with Crippen LogP contribution in [0.1, 0.15) is 42.9 Å². The molecule has 0 aromatic heterocycles. The van der Waals surface area contributed by atoms with E-state index in [0.29, 0.717) is 18.8 Å². The average Bonchev–Trinajstić information content (AvgIpc) is 2.87. The van der Waals surface area contributed by atoms with Gasteiger partial charge in [-0.3, -0.25) is 4.90 Å². The molecule has 0 aliphatic carbocycles. The first-order valence-corrected chi connectivity index (χ1v) is 12.5. The lowest BCUT2D eigenvalue weighted by atomic mass is 9.86. The first-order valence-electron chi connectivity index (χ1n) is 12.5. The van der Waals surface area contributed by atoms with Crippen LogP contribution in [0.25, 0.3) is 11.1 Å². The number of benzene rings is 3. The van der Waals surface area contributed by atoms with Gasteiger partial charge in [-0.05, 0) is 86.0 Å². The fourth-order valence-corrected chi connectivity index (χ4v) is 5.12. The highest BCUT2D eigenvalue weighted by Crippen LogP contribution is 2.42. The molecule has 2 N–H and O–H groups in total. The number of piperidine rings is 1. The first-order chi connectivity index (χ1) is 17.1. The number of ether oxygens (including phenoxy) is 2. The number of rotatable bonds is 7. The van der Waals surface area contributed by atoms with Crippen LogP contribution in [0.5, 0.6) is 23.0 Å². The highest BCUT2D eigenvalue weighted by atomic mass is 16.5. The fourth-order valence-electron chi connectivity index (χ4n) is 5.12. The molecule has 5 nitrogen and oxygen atoms in total.